The molecule has 5 rings (SSSR count). The predicted octanol–water partition coefficient (Wildman–Crippen LogP) is 2.48. The highest BCUT2D eigenvalue weighted by atomic mass is 32.1. The number of hydrogen-bond acceptors (Lipinski definition) is 4. The van der Waals surface area contributed by atoms with Crippen LogP contribution >= 0.6 is 11.3 Å². The number of aromatic nitrogens is 1. The molecule has 0 spiro atoms. The minimum absolute atomic E-state index is 0.689. The maximum Gasteiger partial charge on any atom is 0.0815 e. The average molecular weight is 273 g/mol. The molecule has 4 heterocycles. The number of piperidine rings is 3. The van der Waals surface area contributed by atoms with Crippen LogP contribution in [0.2, 0.25) is 0 Å². The first-order valence-electron chi connectivity index (χ1n) is 7.16. The van der Waals surface area contributed by atoms with E-state index in [0.717, 1.165) is 18.0 Å². The number of benzene rings is 1. The van der Waals surface area contributed by atoms with Crippen LogP contribution in [0.25, 0.3) is 10.2 Å². The molecule has 19 heavy (non-hydrogen) atoms. The van der Waals surface area contributed by atoms with Gasteiger partial charge in [-0.1, -0.05) is 6.07 Å². The van der Waals surface area contributed by atoms with Gasteiger partial charge in [0.1, 0.15) is 0 Å². The van der Waals surface area contributed by atoms with E-state index >= 15 is 0 Å². The monoisotopic (exact) mass is 273 g/mol. The molecule has 0 aliphatic carbocycles. The Morgan fingerprint density at radius 3 is 3.00 bits per heavy atom. The van der Waals surface area contributed by atoms with Gasteiger partial charge in [-0.15, -0.1) is 11.3 Å². The fourth-order valence-corrected chi connectivity index (χ4v) is 4.12. The molecular formula is C15H19N3S. The molecule has 3 aliphatic rings. The SMILES string of the molecule is c1nc2cc(CN[C@@H]3CN4CCC3CC4)ccc2s1. The maximum atomic E-state index is 4.39. The van der Waals surface area contributed by atoms with Gasteiger partial charge >= 0.3 is 0 Å². The summed E-state index contributed by atoms with van der Waals surface area (Å²) in [6, 6.07) is 7.34. The van der Waals surface area contributed by atoms with E-state index in [0.29, 0.717) is 6.04 Å². The zero-order valence-electron chi connectivity index (χ0n) is 11.0. The van der Waals surface area contributed by atoms with E-state index in [1.165, 1.54) is 42.7 Å². The number of nitrogens with one attached hydrogen (secondary N) is 1. The first-order chi connectivity index (χ1) is 9.38. The van der Waals surface area contributed by atoms with Crippen molar-refractivity contribution in [1.29, 1.82) is 0 Å². The second kappa shape index (κ2) is 4.85. The Hall–Kier alpha value is -0.970. The highest BCUT2D eigenvalue weighted by molar-refractivity contribution is 7.16. The molecule has 3 saturated heterocycles. The Labute approximate surface area is 117 Å². The summed E-state index contributed by atoms with van der Waals surface area (Å²) in [6.45, 7) is 4.84. The standard InChI is InChI=1S/C15H19N3S/c1-2-15-13(17-10-19-15)7-11(1)8-16-14-9-18-5-3-12(14)4-6-18/h1-2,7,10,12,14,16H,3-6,8-9H2/t14-/m1/s1. The number of thiazole rings is 1. The van der Waals surface area contributed by atoms with Gasteiger partial charge in [0.2, 0.25) is 0 Å². The molecule has 3 nitrogen and oxygen atoms in total. The van der Waals surface area contributed by atoms with Crippen LogP contribution in [0.15, 0.2) is 23.7 Å². The quantitative estimate of drug-likeness (QED) is 0.931. The lowest BCUT2D eigenvalue weighted by Crippen LogP contribution is -2.55. The molecule has 0 saturated carbocycles. The Kier molecular flexibility index (Phi) is 3.02. The number of nitrogens with zero attached hydrogens (tertiary/aromatic N) is 2. The molecule has 2 aromatic rings. The highest BCUT2D eigenvalue weighted by Gasteiger charge is 2.33. The summed E-state index contributed by atoms with van der Waals surface area (Å²) in [4.78, 5) is 6.99. The van der Waals surface area contributed by atoms with Crippen molar-refractivity contribution in [2.45, 2.75) is 25.4 Å². The van der Waals surface area contributed by atoms with Crippen molar-refractivity contribution in [3.05, 3.63) is 29.3 Å². The maximum absolute atomic E-state index is 4.39. The lowest BCUT2D eigenvalue weighted by Gasteiger charge is -2.45. The van der Waals surface area contributed by atoms with Crippen molar-refractivity contribution in [1.82, 2.24) is 15.2 Å². The summed E-state index contributed by atoms with van der Waals surface area (Å²) in [7, 11) is 0. The van der Waals surface area contributed by atoms with Gasteiger partial charge in [-0.25, -0.2) is 4.98 Å². The Balaban J connectivity index is 1.44. The molecule has 1 aromatic heterocycles. The first-order valence-corrected chi connectivity index (χ1v) is 8.04. The van der Waals surface area contributed by atoms with E-state index in [-0.39, 0.29) is 0 Å². The number of hydrogen-bond donors (Lipinski definition) is 1. The van der Waals surface area contributed by atoms with Crippen LogP contribution in [-0.4, -0.2) is 35.6 Å². The minimum Gasteiger partial charge on any atom is -0.308 e. The van der Waals surface area contributed by atoms with Gasteiger partial charge < -0.3 is 10.2 Å². The molecule has 0 radical (unpaired) electrons. The van der Waals surface area contributed by atoms with E-state index in [9.17, 15) is 0 Å². The van der Waals surface area contributed by atoms with Gasteiger partial charge in [0.15, 0.2) is 0 Å². The fraction of sp³-hybridized carbons (Fsp3) is 0.533. The normalized spacial score (nSPS) is 30.0. The lowest BCUT2D eigenvalue weighted by molar-refractivity contribution is 0.0720. The van der Waals surface area contributed by atoms with Gasteiger partial charge in [0.05, 0.1) is 15.7 Å². The third-order valence-corrected chi connectivity index (χ3v) is 5.43. The summed E-state index contributed by atoms with van der Waals surface area (Å²) in [5.41, 5.74) is 4.42. The van der Waals surface area contributed by atoms with E-state index in [2.05, 4.69) is 33.4 Å². The van der Waals surface area contributed by atoms with Crippen LogP contribution in [-0.2, 0) is 6.54 Å². The Bertz CT molecular complexity index is 572. The minimum atomic E-state index is 0.689. The molecule has 3 aliphatic heterocycles. The van der Waals surface area contributed by atoms with Gasteiger partial charge in [0.25, 0.3) is 0 Å². The van der Waals surface area contributed by atoms with Crippen LogP contribution in [0, 0.1) is 5.92 Å². The molecule has 3 fully saturated rings. The van der Waals surface area contributed by atoms with Gasteiger partial charge in [-0.05, 0) is 49.5 Å². The molecule has 1 aromatic carbocycles. The molecule has 100 valence electrons. The second-order valence-corrected chi connectivity index (χ2v) is 6.67. The average Bonchev–Trinajstić information content (AvgIpc) is 2.94. The third kappa shape index (κ3) is 2.29. The highest BCUT2D eigenvalue weighted by Crippen LogP contribution is 2.27. The first kappa shape index (κ1) is 11.8. The van der Waals surface area contributed by atoms with Gasteiger partial charge in [0, 0.05) is 19.1 Å². The summed E-state index contributed by atoms with van der Waals surface area (Å²) >= 11 is 1.71. The fourth-order valence-electron chi connectivity index (χ4n) is 3.46. The Morgan fingerprint density at radius 2 is 2.21 bits per heavy atom. The topological polar surface area (TPSA) is 28.2 Å². The van der Waals surface area contributed by atoms with Crippen LogP contribution in [0.3, 0.4) is 0 Å². The van der Waals surface area contributed by atoms with E-state index in [1.807, 2.05) is 5.51 Å². The van der Waals surface area contributed by atoms with Crippen LogP contribution < -0.4 is 5.32 Å². The van der Waals surface area contributed by atoms with Gasteiger partial charge in [-0.2, -0.15) is 0 Å². The van der Waals surface area contributed by atoms with Crippen LogP contribution in [0.5, 0.6) is 0 Å². The Morgan fingerprint density at radius 1 is 1.32 bits per heavy atom. The zero-order chi connectivity index (χ0) is 12.7. The van der Waals surface area contributed by atoms with Crippen molar-refractivity contribution >= 4 is 21.6 Å². The predicted molar refractivity (Wildman–Crippen MR) is 79.4 cm³/mol. The van der Waals surface area contributed by atoms with Crippen molar-refractivity contribution in [3.63, 3.8) is 0 Å². The zero-order valence-corrected chi connectivity index (χ0v) is 11.8. The summed E-state index contributed by atoms with van der Waals surface area (Å²) in [5.74, 6) is 0.896. The van der Waals surface area contributed by atoms with E-state index < -0.39 is 0 Å². The van der Waals surface area contributed by atoms with Crippen molar-refractivity contribution in [3.8, 4) is 0 Å². The molecule has 4 heteroatoms. The largest absolute Gasteiger partial charge is 0.308 e. The molecular weight excluding hydrogens is 254 g/mol. The summed E-state index contributed by atoms with van der Waals surface area (Å²) in [6.07, 6.45) is 2.76. The smallest absolute Gasteiger partial charge is 0.0815 e. The van der Waals surface area contributed by atoms with Crippen LogP contribution in [0.1, 0.15) is 18.4 Å². The lowest BCUT2D eigenvalue weighted by atomic mass is 9.84. The number of rotatable bonds is 3. The van der Waals surface area contributed by atoms with Gasteiger partial charge in [-0.3, -0.25) is 0 Å². The van der Waals surface area contributed by atoms with Crippen molar-refractivity contribution in [2.75, 3.05) is 19.6 Å². The van der Waals surface area contributed by atoms with Crippen LogP contribution in [0.4, 0.5) is 0 Å². The third-order valence-electron chi connectivity index (χ3n) is 4.62. The molecule has 1 atom stereocenters. The summed E-state index contributed by atoms with van der Waals surface area (Å²) < 4.78 is 1.28. The second-order valence-electron chi connectivity index (χ2n) is 5.78. The summed E-state index contributed by atoms with van der Waals surface area (Å²) in [5, 5.41) is 3.76. The molecule has 0 unspecified atom stereocenters. The molecule has 0 amide bonds. The van der Waals surface area contributed by atoms with Crippen molar-refractivity contribution < 1.29 is 0 Å². The molecule has 2 bridgehead atoms. The van der Waals surface area contributed by atoms with E-state index in [4.69, 9.17) is 0 Å². The molecule has 1 N–H and O–H groups in total. The van der Waals surface area contributed by atoms with E-state index in [1.54, 1.807) is 11.3 Å². The van der Waals surface area contributed by atoms with Crippen molar-refractivity contribution in [2.24, 2.45) is 5.92 Å². The number of fused-ring (bicyclic) bond motifs is 4.